The summed E-state index contributed by atoms with van der Waals surface area (Å²) in [5.74, 6) is 0.455. The number of rotatable bonds is 6. The van der Waals surface area contributed by atoms with Crippen LogP contribution in [-0.2, 0) is 11.2 Å². The van der Waals surface area contributed by atoms with E-state index in [9.17, 15) is 4.79 Å². The Hall–Kier alpha value is -2.00. The van der Waals surface area contributed by atoms with E-state index in [4.69, 9.17) is 16.3 Å². The van der Waals surface area contributed by atoms with Crippen molar-refractivity contribution in [2.24, 2.45) is 0 Å². The van der Waals surface area contributed by atoms with Crippen molar-refractivity contribution in [1.82, 2.24) is 0 Å². The van der Waals surface area contributed by atoms with Gasteiger partial charge in [0, 0.05) is 10.7 Å². The number of benzene rings is 2. The van der Waals surface area contributed by atoms with Crippen molar-refractivity contribution in [1.29, 1.82) is 0 Å². The number of anilines is 1. The molecule has 0 bridgehead atoms. The van der Waals surface area contributed by atoms with Crippen LogP contribution in [0.2, 0.25) is 5.02 Å². The van der Waals surface area contributed by atoms with Crippen molar-refractivity contribution in [2.45, 2.75) is 39.7 Å². The molecular weight excluding hydrogens is 310 g/mol. The molecule has 4 heteroatoms. The Labute approximate surface area is 142 Å². The van der Waals surface area contributed by atoms with Crippen molar-refractivity contribution < 1.29 is 9.53 Å². The third kappa shape index (κ3) is 4.49. The van der Waals surface area contributed by atoms with Gasteiger partial charge < -0.3 is 10.1 Å². The zero-order chi connectivity index (χ0) is 16.8. The first-order valence-electron chi connectivity index (χ1n) is 7.86. The van der Waals surface area contributed by atoms with Crippen molar-refractivity contribution in [3.05, 3.63) is 58.6 Å². The Kier molecular flexibility index (Phi) is 6.05. The van der Waals surface area contributed by atoms with Crippen LogP contribution in [0.5, 0.6) is 5.75 Å². The molecule has 2 aromatic carbocycles. The molecule has 0 spiro atoms. The van der Waals surface area contributed by atoms with E-state index in [1.807, 2.05) is 32.0 Å². The molecule has 0 radical (unpaired) electrons. The van der Waals surface area contributed by atoms with Crippen LogP contribution in [0.3, 0.4) is 0 Å². The van der Waals surface area contributed by atoms with Gasteiger partial charge in [0.2, 0.25) is 0 Å². The van der Waals surface area contributed by atoms with E-state index in [-0.39, 0.29) is 5.91 Å². The fourth-order valence-electron chi connectivity index (χ4n) is 2.43. The summed E-state index contributed by atoms with van der Waals surface area (Å²) in [4.78, 5) is 12.6. The molecule has 0 saturated heterocycles. The lowest BCUT2D eigenvalue weighted by Crippen LogP contribution is -2.33. The molecule has 122 valence electrons. The summed E-state index contributed by atoms with van der Waals surface area (Å²) in [7, 11) is 0. The van der Waals surface area contributed by atoms with Gasteiger partial charge in [0.05, 0.1) is 0 Å². The molecule has 1 amide bonds. The van der Waals surface area contributed by atoms with Gasteiger partial charge in [-0.2, -0.15) is 0 Å². The Morgan fingerprint density at radius 2 is 1.96 bits per heavy atom. The number of para-hydroxylation sites is 1. The minimum Gasteiger partial charge on any atom is -0.481 e. The van der Waals surface area contributed by atoms with Crippen LogP contribution in [0.25, 0.3) is 0 Å². The van der Waals surface area contributed by atoms with E-state index in [0.29, 0.717) is 17.2 Å². The summed E-state index contributed by atoms with van der Waals surface area (Å²) in [6, 6.07) is 13.1. The van der Waals surface area contributed by atoms with Crippen molar-refractivity contribution in [2.75, 3.05) is 5.32 Å². The lowest BCUT2D eigenvalue weighted by molar-refractivity contribution is -0.122. The second-order valence-electron chi connectivity index (χ2n) is 5.42. The number of carbonyl (C=O) groups excluding carboxylic acids is 1. The number of hydrogen-bond acceptors (Lipinski definition) is 2. The Bertz CT molecular complexity index is 685. The second kappa shape index (κ2) is 8.02. The molecule has 23 heavy (non-hydrogen) atoms. The van der Waals surface area contributed by atoms with Crippen LogP contribution in [-0.4, -0.2) is 12.0 Å². The maximum absolute atomic E-state index is 12.6. The maximum Gasteiger partial charge on any atom is 0.265 e. The quantitative estimate of drug-likeness (QED) is 0.808. The van der Waals surface area contributed by atoms with Gasteiger partial charge in [-0.05, 0) is 49.1 Å². The zero-order valence-corrected chi connectivity index (χ0v) is 14.5. The van der Waals surface area contributed by atoms with Gasteiger partial charge in [-0.25, -0.2) is 0 Å². The minimum absolute atomic E-state index is 0.142. The van der Waals surface area contributed by atoms with Gasteiger partial charge in [0.15, 0.2) is 6.10 Å². The standard InChI is InChI=1S/C19H22ClNO2/c1-4-14-9-6-8-13(3)18(14)21-19(22)17(5-2)23-16-11-7-10-15(20)12-16/h6-12,17H,4-5H2,1-3H3,(H,21,22)/t17-/m0/s1. The molecule has 0 fully saturated rings. The van der Waals surface area contributed by atoms with Crippen LogP contribution in [0, 0.1) is 6.92 Å². The van der Waals surface area contributed by atoms with Gasteiger partial charge in [-0.15, -0.1) is 0 Å². The molecule has 0 unspecified atom stereocenters. The summed E-state index contributed by atoms with van der Waals surface area (Å²) < 4.78 is 5.80. The largest absolute Gasteiger partial charge is 0.481 e. The van der Waals surface area contributed by atoms with Gasteiger partial charge in [0.25, 0.3) is 5.91 Å². The Morgan fingerprint density at radius 3 is 2.61 bits per heavy atom. The fraction of sp³-hybridized carbons (Fsp3) is 0.316. The van der Waals surface area contributed by atoms with E-state index in [1.54, 1.807) is 24.3 Å². The van der Waals surface area contributed by atoms with Crippen LogP contribution >= 0.6 is 11.6 Å². The number of nitrogens with one attached hydrogen (secondary N) is 1. The lowest BCUT2D eigenvalue weighted by atomic mass is 10.1. The molecule has 2 aromatic rings. The van der Waals surface area contributed by atoms with E-state index < -0.39 is 6.10 Å². The van der Waals surface area contributed by atoms with E-state index >= 15 is 0 Å². The molecule has 0 aliphatic carbocycles. The molecule has 1 atom stereocenters. The van der Waals surface area contributed by atoms with Gasteiger partial charge in [0.1, 0.15) is 5.75 Å². The summed E-state index contributed by atoms with van der Waals surface area (Å²) in [5.41, 5.74) is 3.06. The molecule has 0 aliphatic heterocycles. The second-order valence-corrected chi connectivity index (χ2v) is 5.86. The normalized spacial score (nSPS) is 11.8. The third-order valence-corrected chi connectivity index (χ3v) is 3.96. The number of carbonyl (C=O) groups is 1. The van der Waals surface area contributed by atoms with E-state index in [1.165, 1.54) is 0 Å². The van der Waals surface area contributed by atoms with E-state index in [2.05, 4.69) is 12.2 Å². The number of ether oxygens (including phenoxy) is 1. The zero-order valence-electron chi connectivity index (χ0n) is 13.7. The summed E-state index contributed by atoms with van der Waals surface area (Å²) in [6.45, 7) is 5.99. The third-order valence-electron chi connectivity index (χ3n) is 3.73. The first kappa shape index (κ1) is 17.4. The van der Waals surface area contributed by atoms with Crippen molar-refractivity contribution in [3.63, 3.8) is 0 Å². The highest BCUT2D eigenvalue weighted by Gasteiger charge is 2.20. The van der Waals surface area contributed by atoms with E-state index in [0.717, 1.165) is 23.2 Å². The van der Waals surface area contributed by atoms with Crippen LogP contribution in [0.4, 0.5) is 5.69 Å². The van der Waals surface area contributed by atoms with Crippen LogP contribution in [0.1, 0.15) is 31.4 Å². The highest BCUT2D eigenvalue weighted by Crippen LogP contribution is 2.23. The Morgan fingerprint density at radius 1 is 1.22 bits per heavy atom. The minimum atomic E-state index is -0.558. The monoisotopic (exact) mass is 331 g/mol. The molecule has 0 aromatic heterocycles. The first-order chi connectivity index (χ1) is 11.0. The van der Waals surface area contributed by atoms with Crippen molar-refractivity contribution in [3.8, 4) is 5.75 Å². The molecule has 2 rings (SSSR count). The molecule has 3 nitrogen and oxygen atoms in total. The summed E-state index contributed by atoms with van der Waals surface area (Å²) in [5, 5.41) is 3.61. The molecule has 0 heterocycles. The lowest BCUT2D eigenvalue weighted by Gasteiger charge is -2.19. The SMILES string of the molecule is CCc1cccc(C)c1NC(=O)[C@H](CC)Oc1cccc(Cl)c1. The highest BCUT2D eigenvalue weighted by atomic mass is 35.5. The molecule has 0 aliphatic rings. The predicted molar refractivity (Wildman–Crippen MR) is 95.3 cm³/mol. The first-order valence-corrected chi connectivity index (χ1v) is 8.24. The number of aryl methyl sites for hydroxylation is 2. The Balaban J connectivity index is 2.15. The number of halogens is 1. The molecular formula is C19H22ClNO2. The van der Waals surface area contributed by atoms with Crippen LogP contribution < -0.4 is 10.1 Å². The number of hydrogen-bond donors (Lipinski definition) is 1. The smallest absolute Gasteiger partial charge is 0.265 e. The molecule has 1 N–H and O–H groups in total. The van der Waals surface area contributed by atoms with Crippen molar-refractivity contribution >= 4 is 23.2 Å². The van der Waals surface area contributed by atoms with Crippen LogP contribution in [0.15, 0.2) is 42.5 Å². The highest BCUT2D eigenvalue weighted by molar-refractivity contribution is 6.30. The number of amides is 1. The predicted octanol–water partition coefficient (Wildman–Crippen LogP) is 5.01. The summed E-state index contributed by atoms with van der Waals surface area (Å²) >= 11 is 5.96. The van der Waals surface area contributed by atoms with Gasteiger partial charge in [-0.1, -0.05) is 49.7 Å². The fourth-order valence-corrected chi connectivity index (χ4v) is 2.61. The molecule has 0 saturated carbocycles. The van der Waals surface area contributed by atoms with Gasteiger partial charge in [-0.3, -0.25) is 4.79 Å². The summed E-state index contributed by atoms with van der Waals surface area (Å²) in [6.07, 6.45) is 0.882. The average Bonchev–Trinajstić information content (AvgIpc) is 2.54. The topological polar surface area (TPSA) is 38.3 Å². The van der Waals surface area contributed by atoms with Gasteiger partial charge >= 0.3 is 0 Å². The maximum atomic E-state index is 12.6. The average molecular weight is 332 g/mol.